The van der Waals surface area contributed by atoms with Crippen LogP contribution in [0, 0.1) is 0 Å². The number of hydrogen-bond donors (Lipinski definition) is 1. The third-order valence-corrected chi connectivity index (χ3v) is 6.19. The van der Waals surface area contributed by atoms with Gasteiger partial charge in [-0.3, -0.25) is 4.79 Å². The van der Waals surface area contributed by atoms with Gasteiger partial charge in [0.05, 0.1) is 16.6 Å². The molecule has 0 fully saturated rings. The maximum atomic E-state index is 12.7. The molecule has 0 unspecified atom stereocenters. The number of fused-ring (bicyclic) bond motifs is 2. The van der Waals surface area contributed by atoms with E-state index in [1.165, 1.54) is 11.3 Å². The van der Waals surface area contributed by atoms with Crippen LogP contribution in [0.5, 0.6) is 0 Å². The number of anilines is 1. The Kier molecular flexibility index (Phi) is 4.99. The van der Waals surface area contributed by atoms with Gasteiger partial charge >= 0.3 is 0 Å². The van der Waals surface area contributed by atoms with Crippen LogP contribution in [0.3, 0.4) is 0 Å². The van der Waals surface area contributed by atoms with E-state index in [2.05, 4.69) is 39.3 Å². The van der Waals surface area contributed by atoms with Gasteiger partial charge in [0.2, 0.25) is 5.91 Å². The second-order valence-corrected chi connectivity index (χ2v) is 8.61. The van der Waals surface area contributed by atoms with Gasteiger partial charge in [0.15, 0.2) is 5.13 Å². The Morgan fingerprint density at radius 1 is 1.03 bits per heavy atom. The molecule has 0 saturated carbocycles. The molecule has 148 valence electrons. The standard InChI is InChI=1S/C24H18ClN3OS/c25-18-7-5-6-16(12-18)14-28-15-17(19-8-1-3-10-21(19)28)13-23(29)27-24-26-20-9-2-4-11-22(20)30-24/h1-12,15H,13-14H2,(H,26,27,29). The molecule has 0 aliphatic carbocycles. The summed E-state index contributed by atoms with van der Waals surface area (Å²) in [6, 6.07) is 23.9. The molecule has 1 amide bonds. The van der Waals surface area contributed by atoms with Gasteiger partial charge in [-0.15, -0.1) is 0 Å². The number of hydrogen-bond acceptors (Lipinski definition) is 3. The van der Waals surface area contributed by atoms with Crippen molar-refractivity contribution >= 4 is 55.1 Å². The third kappa shape index (κ3) is 3.82. The fraction of sp³-hybridized carbons (Fsp3) is 0.0833. The van der Waals surface area contributed by atoms with E-state index in [1.54, 1.807) is 0 Å². The maximum absolute atomic E-state index is 12.7. The number of aromatic nitrogens is 2. The monoisotopic (exact) mass is 431 g/mol. The third-order valence-electron chi connectivity index (χ3n) is 5.00. The molecular weight excluding hydrogens is 414 g/mol. The lowest BCUT2D eigenvalue weighted by molar-refractivity contribution is -0.115. The predicted octanol–water partition coefficient (Wildman–Crippen LogP) is 6.13. The van der Waals surface area contributed by atoms with Crippen molar-refractivity contribution in [3.8, 4) is 0 Å². The quantitative estimate of drug-likeness (QED) is 0.363. The lowest BCUT2D eigenvalue weighted by Crippen LogP contribution is -2.14. The van der Waals surface area contributed by atoms with Crippen LogP contribution in [-0.2, 0) is 17.8 Å². The van der Waals surface area contributed by atoms with Gasteiger partial charge in [-0.2, -0.15) is 0 Å². The molecule has 4 nitrogen and oxygen atoms in total. The number of halogens is 1. The van der Waals surface area contributed by atoms with Crippen LogP contribution in [-0.4, -0.2) is 15.5 Å². The molecule has 0 spiro atoms. The number of carbonyl (C=O) groups excluding carboxylic acids is 1. The van der Waals surface area contributed by atoms with Crippen LogP contribution in [0.2, 0.25) is 5.02 Å². The molecule has 1 N–H and O–H groups in total. The summed E-state index contributed by atoms with van der Waals surface area (Å²) in [6.45, 7) is 0.695. The number of thiazole rings is 1. The Morgan fingerprint density at radius 2 is 1.87 bits per heavy atom. The molecule has 3 aromatic carbocycles. The minimum absolute atomic E-state index is 0.0697. The Morgan fingerprint density at radius 3 is 2.73 bits per heavy atom. The molecule has 6 heteroatoms. The maximum Gasteiger partial charge on any atom is 0.230 e. The van der Waals surface area contributed by atoms with E-state index in [-0.39, 0.29) is 5.91 Å². The van der Waals surface area contributed by atoms with Gasteiger partial charge < -0.3 is 9.88 Å². The van der Waals surface area contributed by atoms with Crippen molar-refractivity contribution in [1.29, 1.82) is 0 Å². The second-order valence-electron chi connectivity index (χ2n) is 7.14. The van der Waals surface area contributed by atoms with Crippen molar-refractivity contribution in [2.75, 3.05) is 5.32 Å². The van der Waals surface area contributed by atoms with Crippen LogP contribution in [0.1, 0.15) is 11.1 Å². The van der Waals surface area contributed by atoms with Gasteiger partial charge in [-0.25, -0.2) is 4.98 Å². The zero-order valence-corrected chi connectivity index (χ0v) is 17.6. The van der Waals surface area contributed by atoms with Crippen LogP contribution in [0.25, 0.3) is 21.1 Å². The van der Waals surface area contributed by atoms with Crippen molar-refractivity contribution in [1.82, 2.24) is 9.55 Å². The van der Waals surface area contributed by atoms with Gasteiger partial charge in [-0.05, 0) is 41.5 Å². The molecule has 0 aliphatic rings. The van der Waals surface area contributed by atoms with E-state index in [1.807, 2.05) is 54.6 Å². The Balaban J connectivity index is 1.40. The first-order valence-electron chi connectivity index (χ1n) is 9.62. The van der Waals surface area contributed by atoms with Crippen molar-refractivity contribution in [3.05, 3.63) is 95.1 Å². The first-order valence-corrected chi connectivity index (χ1v) is 10.8. The minimum Gasteiger partial charge on any atom is -0.343 e. The smallest absolute Gasteiger partial charge is 0.230 e. The average Bonchev–Trinajstić information content (AvgIpc) is 3.29. The van der Waals surface area contributed by atoms with E-state index in [0.29, 0.717) is 18.1 Å². The highest BCUT2D eigenvalue weighted by Gasteiger charge is 2.14. The van der Waals surface area contributed by atoms with Crippen LogP contribution in [0.4, 0.5) is 5.13 Å². The first-order chi connectivity index (χ1) is 14.7. The summed E-state index contributed by atoms with van der Waals surface area (Å²) < 4.78 is 3.23. The Bertz CT molecular complexity index is 1340. The fourth-order valence-corrected chi connectivity index (χ4v) is 4.78. The van der Waals surface area contributed by atoms with E-state index in [4.69, 9.17) is 11.6 Å². The van der Waals surface area contributed by atoms with Gasteiger partial charge in [-0.1, -0.05) is 65.4 Å². The highest BCUT2D eigenvalue weighted by Crippen LogP contribution is 2.27. The van der Waals surface area contributed by atoms with Crippen LogP contribution < -0.4 is 5.32 Å². The molecule has 5 aromatic rings. The number of rotatable bonds is 5. The zero-order chi connectivity index (χ0) is 20.5. The number of nitrogens with zero attached hydrogens (tertiary/aromatic N) is 2. The van der Waals surface area contributed by atoms with Crippen molar-refractivity contribution in [3.63, 3.8) is 0 Å². The number of benzene rings is 3. The molecule has 0 aliphatic heterocycles. The van der Waals surface area contributed by atoms with E-state index < -0.39 is 0 Å². The summed E-state index contributed by atoms with van der Waals surface area (Å²) in [5.74, 6) is -0.0697. The van der Waals surface area contributed by atoms with Gasteiger partial charge in [0, 0.05) is 28.7 Å². The molecule has 2 aromatic heterocycles. The summed E-state index contributed by atoms with van der Waals surface area (Å²) in [5.41, 5.74) is 4.11. The van der Waals surface area contributed by atoms with Crippen LogP contribution in [0.15, 0.2) is 79.0 Å². The summed E-state index contributed by atoms with van der Waals surface area (Å²) in [6.07, 6.45) is 2.35. The number of carbonyl (C=O) groups is 1. The molecular formula is C24H18ClN3OS. The summed E-state index contributed by atoms with van der Waals surface area (Å²) in [5, 5.41) is 5.39. The highest BCUT2D eigenvalue weighted by atomic mass is 35.5. The van der Waals surface area contributed by atoms with E-state index in [9.17, 15) is 4.79 Å². The first kappa shape index (κ1) is 18.9. The molecule has 0 atom stereocenters. The van der Waals surface area contributed by atoms with Crippen molar-refractivity contribution in [2.45, 2.75) is 13.0 Å². The van der Waals surface area contributed by atoms with Crippen LogP contribution >= 0.6 is 22.9 Å². The summed E-state index contributed by atoms with van der Waals surface area (Å²) in [7, 11) is 0. The number of amides is 1. The topological polar surface area (TPSA) is 46.9 Å². The number of nitrogens with one attached hydrogen (secondary N) is 1. The Hall–Kier alpha value is -3.15. The SMILES string of the molecule is O=C(Cc1cn(Cc2cccc(Cl)c2)c2ccccc12)Nc1nc2ccccc2s1. The molecule has 0 radical (unpaired) electrons. The van der Waals surface area contributed by atoms with Crippen molar-refractivity contribution < 1.29 is 4.79 Å². The normalized spacial score (nSPS) is 11.2. The van der Waals surface area contributed by atoms with E-state index >= 15 is 0 Å². The lowest BCUT2D eigenvalue weighted by atomic mass is 10.1. The lowest BCUT2D eigenvalue weighted by Gasteiger charge is -2.06. The highest BCUT2D eigenvalue weighted by molar-refractivity contribution is 7.22. The summed E-state index contributed by atoms with van der Waals surface area (Å²) >= 11 is 7.63. The molecule has 2 heterocycles. The fourth-order valence-electron chi connectivity index (χ4n) is 3.69. The molecule has 0 bridgehead atoms. The van der Waals surface area contributed by atoms with Crippen molar-refractivity contribution in [2.24, 2.45) is 0 Å². The predicted molar refractivity (Wildman–Crippen MR) is 124 cm³/mol. The molecule has 30 heavy (non-hydrogen) atoms. The largest absolute Gasteiger partial charge is 0.343 e. The number of para-hydroxylation sites is 2. The average molecular weight is 432 g/mol. The molecule has 0 saturated heterocycles. The summed E-state index contributed by atoms with van der Waals surface area (Å²) in [4.78, 5) is 17.2. The second kappa shape index (κ2) is 7.94. The minimum atomic E-state index is -0.0697. The molecule has 5 rings (SSSR count). The van der Waals surface area contributed by atoms with Gasteiger partial charge in [0.25, 0.3) is 0 Å². The van der Waals surface area contributed by atoms with E-state index in [0.717, 1.165) is 37.3 Å². The zero-order valence-electron chi connectivity index (χ0n) is 16.0. The van der Waals surface area contributed by atoms with Gasteiger partial charge in [0.1, 0.15) is 0 Å². The Labute approximate surface area is 182 Å².